The van der Waals surface area contributed by atoms with Gasteiger partial charge in [0.25, 0.3) is 0 Å². The number of hydrogen-bond donors (Lipinski definition) is 2. The lowest BCUT2D eigenvalue weighted by Crippen LogP contribution is -2.23. The fraction of sp³-hybridized carbons (Fsp3) is 0.125. The second-order valence-corrected chi connectivity index (χ2v) is 8.42. The molecule has 1 atom stereocenters. The van der Waals surface area contributed by atoms with Crippen LogP contribution in [0.4, 0.5) is 0 Å². The second-order valence-electron chi connectivity index (χ2n) is 7.57. The summed E-state index contributed by atoms with van der Waals surface area (Å²) in [4.78, 5) is 35.3. The number of nitrogens with zero attached hydrogens (tertiary/aromatic N) is 1. The molecule has 0 radical (unpaired) electrons. The monoisotopic (exact) mass is 449 g/mol. The van der Waals surface area contributed by atoms with Gasteiger partial charge < -0.3 is 9.97 Å². The molecule has 0 saturated carbocycles. The summed E-state index contributed by atoms with van der Waals surface area (Å²) in [5.74, 6) is 0.0228. The topological polar surface area (TPSA) is 78.1 Å². The van der Waals surface area contributed by atoms with Crippen LogP contribution in [0.3, 0.4) is 0 Å². The lowest BCUT2D eigenvalue weighted by molar-refractivity contribution is -0.119. The van der Waals surface area contributed by atoms with E-state index in [1.165, 1.54) is 0 Å². The minimum absolute atomic E-state index is 0.0228. The minimum Gasteiger partial charge on any atom is -0.306 e. The number of aromatic nitrogens is 2. The third kappa shape index (κ3) is 3.82. The summed E-state index contributed by atoms with van der Waals surface area (Å²) >= 11 is 12.6. The van der Waals surface area contributed by atoms with Crippen LogP contribution in [0.15, 0.2) is 70.5 Å². The molecule has 0 spiro atoms. The van der Waals surface area contributed by atoms with Crippen LogP contribution < -0.4 is 5.69 Å². The van der Waals surface area contributed by atoms with Crippen LogP contribution in [0.25, 0.3) is 11.0 Å². The maximum atomic E-state index is 13.1. The van der Waals surface area contributed by atoms with Gasteiger partial charge in [0.15, 0.2) is 5.78 Å². The minimum atomic E-state index is -0.581. The van der Waals surface area contributed by atoms with E-state index >= 15 is 0 Å². The average molecular weight is 450 g/mol. The van der Waals surface area contributed by atoms with Crippen LogP contribution in [0, 0.1) is 0 Å². The summed E-state index contributed by atoms with van der Waals surface area (Å²) < 4.78 is 0. The zero-order valence-corrected chi connectivity index (χ0v) is 17.8. The number of ketones is 1. The van der Waals surface area contributed by atoms with Gasteiger partial charge in [-0.15, -0.1) is 0 Å². The van der Waals surface area contributed by atoms with E-state index in [9.17, 15) is 9.59 Å². The van der Waals surface area contributed by atoms with Crippen LogP contribution in [-0.2, 0) is 17.6 Å². The number of aromatic amines is 2. The first-order valence-corrected chi connectivity index (χ1v) is 10.6. The third-order valence-corrected chi connectivity index (χ3v) is 6.11. The fourth-order valence-electron chi connectivity index (χ4n) is 3.97. The standard InChI is InChI=1S/C24H17Cl2N3O2/c25-16-7-5-13-11-22(30)21(9-14-3-1-2-4-18(14)26)27-23(17(13)12-16)15-6-8-19-20(10-15)29-24(31)28-19/h1-8,10,12,21H,9,11H2,(H2,28,29,31). The molecule has 1 aromatic heterocycles. The number of fused-ring (bicyclic) bond motifs is 2. The number of aliphatic imine (C=N–C) groups is 1. The Balaban J connectivity index is 1.67. The van der Waals surface area contributed by atoms with Gasteiger partial charge in [-0.3, -0.25) is 9.79 Å². The van der Waals surface area contributed by atoms with Crippen molar-refractivity contribution in [3.63, 3.8) is 0 Å². The van der Waals surface area contributed by atoms with Gasteiger partial charge in [-0.1, -0.05) is 53.5 Å². The predicted octanol–water partition coefficient (Wildman–Crippen LogP) is 4.74. The number of rotatable bonds is 3. The van der Waals surface area contributed by atoms with E-state index in [4.69, 9.17) is 28.2 Å². The summed E-state index contributed by atoms with van der Waals surface area (Å²) in [5, 5.41) is 1.18. The zero-order valence-electron chi connectivity index (χ0n) is 16.3. The van der Waals surface area contributed by atoms with E-state index < -0.39 is 6.04 Å². The molecule has 1 aliphatic heterocycles. The normalized spacial score (nSPS) is 16.1. The van der Waals surface area contributed by atoms with Crippen LogP contribution >= 0.6 is 23.2 Å². The number of hydrogen-bond acceptors (Lipinski definition) is 3. The molecule has 5 rings (SSSR count). The van der Waals surface area contributed by atoms with E-state index in [-0.39, 0.29) is 17.9 Å². The van der Waals surface area contributed by atoms with Gasteiger partial charge in [0.2, 0.25) is 0 Å². The molecule has 31 heavy (non-hydrogen) atoms. The number of carbonyl (C=O) groups excluding carboxylic acids is 1. The maximum absolute atomic E-state index is 13.1. The summed E-state index contributed by atoms with van der Waals surface area (Å²) in [6.45, 7) is 0. The number of halogens is 2. The molecule has 2 heterocycles. The third-order valence-electron chi connectivity index (χ3n) is 5.51. The molecular formula is C24H17Cl2N3O2. The van der Waals surface area contributed by atoms with Crippen molar-refractivity contribution in [1.29, 1.82) is 0 Å². The van der Waals surface area contributed by atoms with E-state index in [0.29, 0.717) is 33.2 Å². The van der Waals surface area contributed by atoms with Gasteiger partial charge in [-0.25, -0.2) is 4.79 Å². The van der Waals surface area contributed by atoms with E-state index in [0.717, 1.165) is 22.3 Å². The molecule has 2 N–H and O–H groups in total. The Morgan fingerprint density at radius 3 is 2.58 bits per heavy atom. The SMILES string of the molecule is O=C1Cc2ccc(Cl)cc2C(c2ccc3[nH]c(=O)[nH]c3c2)=NC1Cc1ccccc1Cl. The number of imidazole rings is 1. The first-order chi connectivity index (χ1) is 15.0. The molecule has 1 aliphatic rings. The highest BCUT2D eigenvalue weighted by molar-refractivity contribution is 6.32. The Morgan fingerprint density at radius 2 is 1.74 bits per heavy atom. The largest absolute Gasteiger partial charge is 0.323 e. The van der Waals surface area contributed by atoms with Gasteiger partial charge in [0.05, 0.1) is 16.7 Å². The highest BCUT2D eigenvalue weighted by Gasteiger charge is 2.27. The summed E-state index contributed by atoms with van der Waals surface area (Å²) in [5.41, 5.74) is 5.14. The van der Waals surface area contributed by atoms with Gasteiger partial charge in [-0.2, -0.15) is 0 Å². The summed E-state index contributed by atoms with van der Waals surface area (Å²) in [7, 11) is 0. The highest BCUT2D eigenvalue weighted by atomic mass is 35.5. The molecule has 4 aromatic rings. The Kier molecular flexibility index (Phi) is 5.00. The van der Waals surface area contributed by atoms with E-state index in [1.54, 1.807) is 6.07 Å². The van der Waals surface area contributed by atoms with Crippen molar-refractivity contribution in [3.05, 3.63) is 103 Å². The lowest BCUT2D eigenvalue weighted by Gasteiger charge is -2.13. The number of nitrogens with one attached hydrogen (secondary N) is 2. The van der Waals surface area contributed by atoms with Crippen molar-refractivity contribution in [2.75, 3.05) is 0 Å². The maximum Gasteiger partial charge on any atom is 0.323 e. The number of Topliss-reactive ketones (excluding diaryl/α,β-unsaturated/α-hetero) is 1. The predicted molar refractivity (Wildman–Crippen MR) is 124 cm³/mol. The van der Waals surface area contributed by atoms with Crippen LogP contribution in [0.1, 0.15) is 22.3 Å². The molecule has 1 unspecified atom stereocenters. The Bertz CT molecular complexity index is 1420. The summed E-state index contributed by atoms with van der Waals surface area (Å²) in [6, 6.07) is 18.0. The number of benzene rings is 3. The van der Waals surface area contributed by atoms with E-state index in [1.807, 2.05) is 54.6 Å². The van der Waals surface area contributed by atoms with Crippen molar-refractivity contribution >= 4 is 45.7 Å². The molecule has 7 heteroatoms. The first kappa shape index (κ1) is 19.8. The number of H-pyrrole nitrogens is 2. The molecule has 154 valence electrons. The van der Waals surface area contributed by atoms with Crippen LogP contribution in [-0.4, -0.2) is 27.5 Å². The molecule has 3 aromatic carbocycles. The molecule has 0 saturated heterocycles. The van der Waals surface area contributed by atoms with Crippen molar-refractivity contribution in [2.24, 2.45) is 4.99 Å². The van der Waals surface area contributed by atoms with Crippen LogP contribution in [0.2, 0.25) is 10.0 Å². The second kappa shape index (κ2) is 7.84. The highest BCUT2D eigenvalue weighted by Crippen LogP contribution is 2.28. The first-order valence-electron chi connectivity index (χ1n) is 9.83. The Labute approximate surface area is 187 Å². The fourth-order valence-corrected chi connectivity index (χ4v) is 4.35. The van der Waals surface area contributed by atoms with Gasteiger partial charge in [0, 0.05) is 34.0 Å². The van der Waals surface area contributed by atoms with Crippen molar-refractivity contribution in [2.45, 2.75) is 18.9 Å². The Morgan fingerprint density at radius 1 is 0.935 bits per heavy atom. The quantitative estimate of drug-likeness (QED) is 0.473. The molecule has 0 amide bonds. The van der Waals surface area contributed by atoms with Gasteiger partial charge in [0.1, 0.15) is 6.04 Å². The van der Waals surface area contributed by atoms with Crippen molar-refractivity contribution < 1.29 is 4.79 Å². The van der Waals surface area contributed by atoms with Crippen molar-refractivity contribution in [3.8, 4) is 0 Å². The number of carbonyl (C=O) groups is 1. The molecule has 0 aliphatic carbocycles. The van der Waals surface area contributed by atoms with Gasteiger partial charge in [-0.05, 0) is 41.5 Å². The van der Waals surface area contributed by atoms with Gasteiger partial charge >= 0.3 is 5.69 Å². The van der Waals surface area contributed by atoms with E-state index in [2.05, 4.69) is 9.97 Å². The molecule has 0 fully saturated rings. The summed E-state index contributed by atoms with van der Waals surface area (Å²) in [6.07, 6.45) is 0.671. The average Bonchev–Trinajstić information content (AvgIpc) is 3.06. The van der Waals surface area contributed by atoms with Crippen LogP contribution in [0.5, 0.6) is 0 Å². The molecular weight excluding hydrogens is 433 g/mol. The zero-order chi connectivity index (χ0) is 21.5. The Hall–Kier alpha value is -3.15. The van der Waals surface area contributed by atoms with Crippen molar-refractivity contribution in [1.82, 2.24) is 9.97 Å². The molecule has 5 nitrogen and oxygen atoms in total. The lowest BCUT2D eigenvalue weighted by atomic mass is 9.95. The smallest absolute Gasteiger partial charge is 0.306 e. The molecule has 0 bridgehead atoms.